The zero-order chi connectivity index (χ0) is 14.7. The fraction of sp³-hybridized carbons (Fsp3) is 0.167. The number of benzene rings is 2. The number of fused-ring (bicyclic) bond motifs is 1. The first-order chi connectivity index (χ1) is 10.3. The van der Waals surface area contributed by atoms with E-state index in [2.05, 4.69) is 18.0 Å². The molecule has 0 unspecified atom stereocenters. The molecular formula is C18H18N2O. The smallest absolute Gasteiger partial charge is 0.224 e. The Balaban J connectivity index is 2.02. The van der Waals surface area contributed by atoms with Crippen LogP contribution in [0.2, 0.25) is 0 Å². The van der Waals surface area contributed by atoms with Crippen LogP contribution in [-0.4, -0.2) is 4.98 Å². The van der Waals surface area contributed by atoms with Crippen LogP contribution in [0.3, 0.4) is 0 Å². The third kappa shape index (κ3) is 2.88. The Hall–Kier alpha value is -2.39. The second kappa shape index (κ2) is 5.94. The summed E-state index contributed by atoms with van der Waals surface area (Å²) in [5.74, 6) is 1.39. The third-order valence-corrected chi connectivity index (χ3v) is 3.50. The van der Waals surface area contributed by atoms with Gasteiger partial charge in [-0.15, -0.1) is 0 Å². The zero-order valence-electron chi connectivity index (χ0n) is 12.0. The van der Waals surface area contributed by atoms with Gasteiger partial charge in [-0.2, -0.15) is 0 Å². The van der Waals surface area contributed by atoms with Crippen molar-refractivity contribution in [3.8, 4) is 11.6 Å². The monoisotopic (exact) mass is 278 g/mol. The van der Waals surface area contributed by atoms with Crippen LogP contribution in [0, 0.1) is 0 Å². The molecule has 0 saturated heterocycles. The normalized spacial score (nSPS) is 10.8. The molecule has 0 aliphatic carbocycles. The molecule has 106 valence electrons. The summed E-state index contributed by atoms with van der Waals surface area (Å²) in [6.07, 6.45) is 0.978. The Morgan fingerprint density at radius 1 is 1.05 bits per heavy atom. The Labute approximate surface area is 124 Å². The molecule has 21 heavy (non-hydrogen) atoms. The number of aryl methyl sites for hydroxylation is 1. The molecule has 2 N–H and O–H groups in total. The molecule has 0 spiro atoms. The lowest BCUT2D eigenvalue weighted by Crippen LogP contribution is -2.02. The van der Waals surface area contributed by atoms with Crippen LogP contribution in [0.5, 0.6) is 11.6 Å². The number of nitrogens with two attached hydrogens (primary N) is 1. The quantitative estimate of drug-likeness (QED) is 0.783. The van der Waals surface area contributed by atoms with Gasteiger partial charge < -0.3 is 10.5 Å². The van der Waals surface area contributed by atoms with E-state index >= 15 is 0 Å². The fourth-order valence-electron chi connectivity index (χ4n) is 2.32. The first-order valence-electron chi connectivity index (χ1n) is 7.15. The number of pyridine rings is 1. The zero-order valence-corrected chi connectivity index (χ0v) is 12.0. The van der Waals surface area contributed by atoms with Crippen LogP contribution < -0.4 is 10.5 Å². The van der Waals surface area contributed by atoms with E-state index in [1.165, 1.54) is 5.56 Å². The molecule has 3 heteroatoms. The molecule has 0 bridgehead atoms. The molecule has 2 aromatic carbocycles. The summed E-state index contributed by atoms with van der Waals surface area (Å²) in [5.41, 5.74) is 8.90. The Morgan fingerprint density at radius 2 is 1.90 bits per heavy atom. The molecule has 0 atom stereocenters. The van der Waals surface area contributed by atoms with Crippen molar-refractivity contribution in [2.24, 2.45) is 5.73 Å². The first kappa shape index (κ1) is 13.6. The highest BCUT2D eigenvalue weighted by atomic mass is 16.5. The number of ether oxygens (including phenoxy) is 1. The number of aromatic nitrogens is 1. The van der Waals surface area contributed by atoms with Crippen LogP contribution in [0.1, 0.15) is 18.1 Å². The topological polar surface area (TPSA) is 48.1 Å². The minimum Gasteiger partial charge on any atom is -0.439 e. The average molecular weight is 278 g/mol. The number of hydrogen-bond donors (Lipinski definition) is 1. The van der Waals surface area contributed by atoms with E-state index in [1.54, 1.807) is 0 Å². The van der Waals surface area contributed by atoms with Gasteiger partial charge in [-0.25, -0.2) is 4.98 Å². The largest absolute Gasteiger partial charge is 0.439 e. The molecule has 3 aromatic rings. The maximum atomic E-state index is 5.96. The first-order valence-corrected chi connectivity index (χ1v) is 7.15. The van der Waals surface area contributed by atoms with Gasteiger partial charge >= 0.3 is 0 Å². The van der Waals surface area contributed by atoms with Crippen molar-refractivity contribution >= 4 is 10.9 Å². The molecule has 0 saturated carbocycles. The van der Waals surface area contributed by atoms with Crippen LogP contribution in [0.25, 0.3) is 10.9 Å². The molecule has 3 nitrogen and oxygen atoms in total. The van der Waals surface area contributed by atoms with Gasteiger partial charge in [0.05, 0.1) is 5.52 Å². The maximum absolute atomic E-state index is 5.96. The van der Waals surface area contributed by atoms with Gasteiger partial charge in [0.15, 0.2) is 0 Å². The van der Waals surface area contributed by atoms with Gasteiger partial charge in [-0.05, 0) is 36.2 Å². The number of hydrogen-bond acceptors (Lipinski definition) is 3. The maximum Gasteiger partial charge on any atom is 0.224 e. The SMILES string of the molecule is CCc1cccc(Oc2nc3ccccc3cc2CN)c1. The van der Waals surface area contributed by atoms with Gasteiger partial charge in [0.1, 0.15) is 5.75 Å². The van der Waals surface area contributed by atoms with Gasteiger partial charge in [-0.3, -0.25) is 0 Å². The predicted octanol–water partition coefficient (Wildman–Crippen LogP) is 4.05. The molecule has 0 radical (unpaired) electrons. The highest BCUT2D eigenvalue weighted by Gasteiger charge is 2.08. The average Bonchev–Trinajstić information content (AvgIpc) is 2.54. The van der Waals surface area contributed by atoms with E-state index in [0.29, 0.717) is 12.4 Å². The summed E-state index contributed by atoms with van der Waals surface area (Å²) in [4.78, 5) is 4.59. The number of nitrogens with zero attached hydrogens (tertiary/aromatic N) is 1. The number of para-hydroxylation sites is 1. The lowest BCUT2D eigenvalue weighted by Gasteiger charge is -2.11. The summed E-state index contributed by atoms with van der Waals surface area (Å²) < 4.78 is 5.96. The molecule has 0 aliphatic heterocycles. The minimum absolute atomic E-state index is 0.403. The van der Waals surface area contributed by atoms with Crippen molar-refractivity contribution in [3.63, 3.8) is 0 Å². The van der Waals surface area contributed by atoms with E-state index in [9.17, 15) is 0 Å². The van der Waals surface area contributed by atoms with Gasteiger partial charge in [0.25, 0.3) is 0 Å². The summed E-state index contributed by atoms with van der Waals surface area (Å²) in [7, 11) is 0. The van der Waals surface area contributed by atoms with E-state index in [0.717, 1.165) is 28.6 Å². The lowest BCUT2D eigenvalue weighted by molar-refractivity contribution is 0.458. The van der Waals surface area contributed by atoms with Gasteiger partial charge in [0.2, 0.25) is 5.88 Å². The van der Waals surface area contributed by atoms with E-state index < -0.39 is 0 Å². The van der Waals surface area contributed by atoms with Crippen LogP contribution >= 0.6 is 0 Å². The molecule has 0 amide bonds. The molecular weight excluding hydrogens is 260 g/mol. The lowest BCUT2D eigenvalue weighted by atomic mass is 10.1. The van der Waals surface area contributed by atoms with E-state index in [-0.39, 0.29) is 0 Å². The van der Waals surface area contributed by atoms with Crippen molar-refractivity contribution in [2.45, 2.75) is 19.9 Å². The van der Waals surface area contributed by atoms with Crippen LogP contribution in [0.4, 0.5) is 0 Å². The summed E-state index contributed by atoms with van der Waals surface area (Å²) in [6.45, 7) is 2.53. The molecule has 3 rings (SSSR count). The van der Waals surface area contributed by atoms with Crippen molar-refractivity contribution in [1.29, 1.82) is 0 Å². The van der Waals surface area contributed by atoms with Crippen molar-refractivity contribution in [2.75, 3.05) is 0 Å². The fourth-order valence-corrected chi connectivity index (χ4v) is 2.32. The third-order valence-electron chi connectivity index (χ3n) is 3.50. The summed E-state index contributed by atoms with van der Waals surface area (Å²) >= 11 is 0. The Kier molecular flexibility index (Phi) is 3.84. The summed E-state index contributed by atoms with van der Waals surface area (Å²) in [6, 6.07) is 18.1. The van der Waals surface area contributed by atoms with Crippen molar-refractivity contribution < 1.29 is 4.74 Å². The standard InChI is InChI=1S/C18H18N2O/c1-2-13-6-5-8-16(10-13)21-18-15(12-19)11-14-7-3-4-9-17(14)20-18/h3-11H,2,12,19H2,1H3. The Morgan fingerprint density at radius 3 is 2.71 bits per heavy atom. The highest BCUT2D eigenvalue weighted by Crippen LogP contribution is 2.27. The van der Waals surface area contributed by atoms with E-state index in [4.69, 9.17) is 10.5 Å². The Bertz CT molecular complexity index is 768. The van der Waals surface area contributed by atoms with Crippen LogP contribution in [-0.2, 0) is 13.0 Å². The molecule has 1 aromatic heterocycles. The molecule has 0 aliphatic rings. The highest BCUT2D eigenvalue weighted by molar-refractivity contribution is 5.80. The predicted molar refractivity (Wildman–Crippen MR) is 85.5 cm³/mol. The van der Waals surface area contributed by atoms with Gasteiger partial charge in [0, 0.05) is 17.5 Å². The number of rotatable bonds is 4. The summed E-state index contributed by atoms with van der Waals surface area (Å²) in [5, 5.41) is 1.08. The minimum atomic E-state index is 0.403. The van der Waals surface area contributed by atoms with Crippen molar-refractivity contribution in [3.05, 3.63) is 65.7 Å². The molecule has 0 fully saturated rings. The van der Waals surface area contributed by atoms with Gasteiger partial charge in [-0.1, -0.05) is 37.3 Å². The van der Waals surface area contributed by atoms with Crippen LogP contribution in [0.15, 0.2) is 54.6 Å². The van der Waals surface area contributed by atoms with Crippen molar-refractivity contribution in [1.82, 2.24) is 4.98 Å². The second-order valence-electron chi connectivity index (χ2n) is 4.95. The molecule has 1 heterocycles. The van der Waals surface area contributed by atoms with E-state index in [1.807, 2.05) is 48.5 Å². The second-order valence-corrected chi connectivity index (χ2v) is 4.95.